The Bertz CT molecular complexity index is 702. The summed E-state index contributed by atoms with van der Waals surface area (Å²) in [7, 11) is 0. The molecule has 1 heterocycles. The molecule has 132 valence electrons. The van der Waals surface area contributed by atoms with Crippen molar-refractivity contribution in [3.63, 3.8) is 0 Å². The number of ether oxygens (including phenoxy) is 2. The average molecular weight is 341 g/mol. The topological polar surface area (TPSA) is 72.8 Å². The van der Waals surface area contributed by atoms with E-state index in [0.29, 0.717) is 24.7 Å². The van der Waals surface area contributed by atoms with Crippen LogP contribution in [0.1, 0.15) is 42.7 Å². The normalized spacial score (nSPS) is 10.6. The summed E-state index contributed by atoms with van der Waals surface area (Å²) in [4.78, 5) is 15.9. The number of nitrogens with one attached hydrogen (secondary N) is 1. The second-order valence-corrected chi connectivity index (χ2v) is 5.31. The Balaban J connectivity index is 2.07. The second-order valence-electron chi connectivity index (χ2n) is 5.31. The number of rotatable bonds is 9. The molecule has 0 aliphatic rings. The fourth-order valence-corrected chi connectivity index (χ4v) is 1.98. The Kier molecular flexibility index (Phi) is 7.43. The van der Waals surface area contributed by atoms with E-state index in [4.69, 9.17) is 9.47 Å². The number of amides is 1. The zero-order valence-corrected chi connectivity index (χ0v) is 14.6. The van der Waals surface area contributed by atoms with Crippen LogP contribution in [0.25, 0.3) is 0 Å². The lowest BCUT2D eigenvalue weighted by atomic mass is 10.2. The molecule has 0 spiro atoms. The standard InChI is InChI=1S/C19H23N3O3/c1-3-11-24-16-9-8-15(18(13-16)25-12-4-2)14-21-22-19(23)17-7-5-6-10-20-17/h5-10,13-14H,3-4,11-12H2,1-2H3,(H,22,23)/b21-14-. The van der Waals surface area contributed by atoms with Crippen molar-refractivity contribution in [3.8, 4) is 11.5 Å². The number of aromatic nitrogens is 1. The summed E-state index contributed by atoms with van der Waals surface area (Å²) < 4.78 is 11.4. The fourth-order valence-electron chi connectivity index (χ4n) is 1.98. The predicted molar refractivity (Wildman–Crippen MR) is 97.3 cm³/mol. The Hall–Kier alpha value is -2.89. The van der Waals surface area contributed by atoms with E-state index in [9.17, 15) is 4.79 Å². The molecule has 0 aliphatic heterocycles. The highest BCUT2D eigenvalue weighted by molar-refractivity contribution is 5.93. The lowest BCUT2D eigenvalue weighted by molar-refractivity contribution is 0.0950. The van der Waals surface area contributed by atoms with Gasteiger partial charge in [-0.15, -0.1) is 0 Å². The van der Waals surface area contributed by atoms with Crippen LogP contribution in [0.4, 0.5) is 0 Å². The molecule has 0 fully saturated rings. The van der Waals surface area contributed by atoms with Crippen molar-refractivity contribution in [2.24, 2.45) is 5.10 Å². The van der Waals surface area contributed by atoms with E-state index < -0.39 is 0 Å². The number of benzene rings is 1. The monoisotopic (exact) mass is 341 g/mol. The zero-order valence-electron chi connectivity index (χ0n) is 14.6. The molecule has 1 N–H and O–H groups in total. The van der Waals surface area contributed by atoms with Crippen LogP contribution >= 0.6 is 0 Å². The van der Waals surface area contributed by atoms with Gasteiger partial charge in [-0.3, -0.25) is 9.78 Å². The van der Waals surface area contributed by atoms with Crippen molar-refractivity contribution in [1.29, 1.82) is 0 Å². The van der Waals surface area contributed by atoms with Crippen molar-refractivity contribution in [2.75, 3.05) is 13.2 Å². The fraction of sp³-hybridized carbons (Fsp3) is 0.316. The minimum absolute atomic E-state index is 0.311. The van der Waals surface area contributed by atoms with Crippen molar-refractivity contribution in [2.45, 2.75) is 26.7 Å². The van der Waals surface area contributed by atoms with Crippen molar-refractivity contribution < 1.29 is 14.3 Å². The van der Waals surface area contributed by atoms with Gasteiger partial charge < -0.3 is 9.47 Å². The molecule has 0 saturated carbocycles. The Morgan fingerprint density at radius 2 is 1.96 bits per heavy atom. The lowest BCUT2D eigenvalue weighted by Gasteiger charge is -2.11. The Morgan fingerprint density at radius 1 is 1.16 bits per heavy atom. The smallest absolute Gasteiger partial charge is 0.289 e. The maximum absolute atomic E-state index is 11.9. The molecule has 1 amide bonds. The number of nitrogens with zero attached hydrogens (tertiary/aromatic N) is 2. The minimum atomic E-state index is -0.365. The molecule has 0 unspecified atom stereocenters. The summed E-state index contributed by atoms with van der Waals surface area (Å²) >= 11 is 0. The van der Waals surface area contributed by atoms with Crippen LogP contribution in [0.3, 0.4) is 0 Å². The molecule has 0 atom stereocenters. The molecule has 0 saturated heterocycles. The highest BCUT2D eigenvalue weighted by Crippen LogP contribution is 2.24. The Labute approximate surface area is 147 Å². The molecule has 1 aromatic carbocycles. The molecular weight excluding hydrogens is 318 g/mol. The van der Waals surface area contributed by atoms with Crippen LogP contribution in [-0.2, 0) is 0 Å². The number of hydrazone groups is 1. The van der Waals surface area contributed by atoms with E-state index in [1.165, 1.54) is 0 Å². The summed E-state index contributed by atoms with van der Waals surface area (Å²) in [5, 5.41) is 3.99. The highest BCUT2D eigenvalue weighted by atomic mass is 16.5. The van der Waals surface area contributed by atoms with E-state index in [1.807, 2.05) is 25.1 Å². The number of carbonyl (C=O) groups is 1. The molecule has 0 aliphatic carbocycles. The van der Waals surface area contributed by atoms with Crippen molar-refractivity contribution in [1.82, 2.24) is 10.4 Å². The molecule has 2 aromatic rings. The molecule has 25 heavy (non-hydrogen) atoms. The molecule has 6 heteroatoms. The summed E-state index contributed by atoms with van der Waals surface area (Å²) in [6, 6.07) is 10.7. The first-order valence-corrected chi connectivity index (χ1v) is 8.38. The van der Waals surface area contributed by atoms with Crippen molar-refractivity contribution >= 4 is 12.1 Å². The highest BCUT2D eigenvalue weighted by Gasteiger charge is 2.06. The maximum Gasteiger partial charge on any atom is 0.289 e. The van der Waals surface area contributed by atoms with Gasteiger partial charge in [-0.1, -0.05) is 19.9 Å². The predicted octanol–water partition coefficient (Wildman–Crippen LogP) is 3.42. The minimum Gasteiger partial charge on any atom is -0.493 e. The third kappa shape index (κ3) is 5.91. The molecule has 1 aromatic heterocycles. The van der Waals surface area contributed by atoms with Gasteiger partial charge in [0, 0.05) is 17.8 Å². The van der Waals surface area contributed by atoms with E-state index in [-0.39, 0.29) is 5.91 Å². The largest absolute Gasteiger partial charge is 0.493 e. The van der Waals surface area contributed by atoms with Gasteiger partial charge in [0.05, 0.1) is 19.4 Å². The summed E-state index contributed by atoms with van der Waals surface area (Å²) in [5.74, 6) is 1.06. The third-order valence-electron chi connectivity index (χ3n) is 3.19. The molecule has 0 bridgehead atoms. The van der Waals surface area contributed by atoms with Gasteiger partial charge in [-0.2, -0.15) is 5.10 Å². The number of hydrogen-bond donors (Lipinski definition) is 1. The lowest BCUT2D eigenvalue weighted by Crippen LogP contribution is -2.18. The zero-order chi connectivity index (χ0) is 17.9. The van der Waals surface area contributed by atoms with Crippen LogP contribution in [0, 0.1) is 0 Å². The Morgan fingerprint density at radius 3 is 2.68 bits per heavy atom. The van der Waals surface area contributed by atoms with E-state index in [1.54, 1.807) is 30.6 Å². The third-order valence-corrected chi connectivity index (χ3v) is 3.19. The van der Waals surface area contributed by atoms with E-state index in [2.05, 4.69) is 22.4 Å². The molecule has 0 radical (unpaired) electrons. The first-order chi connectivity index (χ1) is 12.2. The van der Waals surface area contributed by atoms with E-state index >= 15 is 0 Å². The van der Waals surface area contributed by atoms with Gasteiger partial charge >= 0.3 is 0 Å². The molecular formula is C19H23N3O3. The van der Waals surface area contributed by atoms with Gasteiger partial charge in [0.25, 0.3) is 5.91 Å². The average Bonchev–Trinajstić information content (AvgIpc) is 2.66. The van der Waals surface area contributed by atoms with Crippen LogP contribution < -0.4 is 14.9 Å². The molecule has 2 rings (SSSR count). The van der Waals surface area contributed by atoms with Crippen LogP contribution in [0.2, 0.25) is 0 Å². The first-order valence-electron chi connectivity index (χ1n) is 8.38. The second kappa shape index (κ2) is 10.1. The van der Waals surface area contributed by atoms with Gasteiger partial charge in [-0.05, 0) is 37.1 Å². The summed E-state index contributed by atoms with van der Waals surface area (Å²) in [6.07, 6.45) is 4.95. The molecule has 6 nitrogen and oxygen atoms in total. The number of hydrogen-bond acceptors (Lipinski definition) is 5. The van der Waals surface area contributed by atoms with Gasteiger partial charge in [-0.25, -0.2) is 5.43 Å². The van der Waals surface area contributed by atoms with Crippen LogP contribution in [-0.4, -0.2) is 30.3 Å². The van der Waals surface area contributed by atoms with Crippen LogP contribution in [0.15, 0.2) is 47.7 Å². The quantitative estimate of drug-likeness (QED) is 0.560. The van der Waals surface area contributed by atoms with Gasteiger partial charge in [0.1, 0.15) is 17.2 Å². The van der Waals surface area contributed by atoms with Crippen LogP contribution in [0.5, 0.6) is 11.5 Å². The van der Waals surface area contributed by atoms with Gasteiger partial charge in [0.15, 0.2) is 0 Å². The summed E-state index contributed by atoms with van der Waals surface area (Å²) in [5.41, 5.74) is 3.53. The SMILES string of the molecule is CCCOc1ccc(/C=N\NC(=O)c2ccccn2)c(OCCC)c1. The number of carbonyl (C=O) groups excluding carboxylic acids is 1. The maximum atomic E-state index is 11.9. The van der Waals surface area contributed by atoms with E-state index in [0.717, 1.165) is 24.2 Å². The van der Waals surface area contributed by atoms with Gasteiger partial charge in [0.2, 0.25) is 0 Å². The van der Waals surface area contributed by atoms with Crippen molar-refractivity contribution in [3.05, 3.63) is 53.9 Å². The number of pyridine rings is 1. The first kappa shape index (κ1) is 18.4. The summed E-state index contributed by atoms with van der Waals surface area (Å²) in [6.45, 7) is 5.34.